The van der Waals surface area contributed by atoms with Crippen LogP contribution in [0.15, 0.2) is 54.7 Å². The number of nitrogens with one attached hydrogen (secondary N) is 1. The van der Waals surface area contributed by atoms with E-state index in [1.807, 2.05) is 52.1 Å². The molecule has 0 spiro atoms. The number of carbonyl (C=O) groups excluding carboxylic acids is 2. The first-order valence-corrected chi connectivity index (χ1v) is 9.69. The minimum Gasteiger partial charge on any atom is -0.378 e. The Labute approximate surface area is 169 Å². The zero-order valence-electron chi connectivity index (χ0n) is 16.1. The van der Waals surface area contributed by atoms with Gasteiger partial charge in [0.25, 0.3) is 5.91 Å². The van der Waals surface area contributed by atoms with E-state index < -0.39 is 0 Å². The fourth-order valence-corrected chi connectivity index (χ4v) is 3.47. The van der Waals surface area contributed by atoms with E-state index >= 15 is 0 Å². The number of rotatable bonds is 5. The Hall–Kier alpha value is -3.16. The minimum atomic E-state index is -0.171. The number of ether oxygens (including phenoxy) is 1. The van der Waals surface area contributed by atoms with E-state index in [4.69, 9.17) is 10.5 Å². The highest BCUT2D eigenvalue weighted by Crippen LogP contribution is 2.21. The van der Waals surface area contributed by atoms with Gasteiger partial charge in [0.1, 0.15) is 6.54 Å². The maximum absolute atomic E-state index is 12.5. The summed E-state index contributed by atoms with van der Waals surface area (Å²) in [5.74, 6) is -0.0843. The SMILES string of the molecule is NCc1ccc(C(=O)Nc2ccc3c(ccn3CC(=O)N3CCOCC3)c2)cc1. The summed E-state index contributed by atoms with van der Waals surface area (Å²) in [6.45, 7) is 3.21. The summed E-state index contributed by atoms with van der Waals surface area (Å²) in [6.07, 6.45) is 1.90. The molecule has 1 aliphatic rings. The minimum absolute atomic E-state index is 0.0871. The third kappa shape index (κ3) is 4.31. The van der Waals surface area contributed by atoms with Gasteiger partial charge in [-0.15, -0.1) is 0 Å². The van der Waals surface area contributed by atoms with Crippen molar-refractivity contribution in [3.05, 3.63) is 65.9 Å². The van der Waals surface area contributed by atoms with Crippen LogP contribution in [0.3, 0.4) is 0 Å². The Balaban J connectivity index is 1.45. The lowest BCUT2D eigenvalue weighted by Gasteiger charge is -2.27. The van der Waals surface area contributed by atoms with Crippen LogP contribution in [0.25, 0.3) is 10.9 Å². The molecule has 3 aromatic rings. The topological polar surface area (TPSA) is 89.6 Å². The molecule has 7 heteroatoms. The molecule has 0 saturated carbocycles. The fourth-order valence-electron chi connectivity index (χ4n) is 3.47. The van der Waals surface area contributed by atoms with E-state index in [0.717, 1.165) is 16.5 Å². The molecule has 1 aliphatic heterocycles. The van der Waals surface area contributed by atoms with Gasteiger partial charge < -0.3 is 25.3 Å². The highest BCUT2D eigenvalue weighted by Gasteiger charge is 2.17. The van der Waals surface area contributed by atoms with E-state index in [2.05, 4.69) is 5.32 Å². The molecule has 0 radical (unpaired) electrons. The van der Waals surface area contributed by atoms with Crippen LogP contribution in [-0.4, -0.2) is 47.6 Å². The summed E-state index contributed by atoms with van der Waals surface area (Å²) in [7, 11) is 0. The lowest BCUT2D eigenvalue weighted by Crippen LogP contribution is -2.42. The van der Waals surface area contributed by atoms with Gasteiger partial charge in [-0.05, 0) is 42.0 Å². The van der Waals surface area contributed by atoms with E-state index in [1.54, 1.807) is 12.1 Å². The molecule has 1 aromatic heterocycles. The van der Waals surface area contributed by atoms with Gasteiger partial charge in [0, 0.05) is 48.0 Å². The largest absolute Gasteiger partial charge is 0.378 e. The zero-order chi connectivity index (χ0) is 20.2. The first-order valence-electron chi connectivity index (χ1n) is 9.69. The first kappa shape index (κ1) is 19.2. The van der Waals surface area contributed by atoms with Crippen LogP contribution < -0.4 is 11.1 Å². The van der Waals surface area contributed by atoms with Gasteiger partial charge in [0.2, 0.25) is 5.91 Å². The standard InChI is InChI=1S/C22H24N4O3/c23-14-16-1-3-17(4-2-16)22(28)24-19-5-6-20-18(13-19)7-8-26(20)15-21(27)25-9-11-29-12-10-25/h1-8,13H,9-12,14-15,23H2,(H,24,28). The molecule has 29 heavy (non-hydrogen) atoms. The number of nitrogens with zero attached hydrogens (tertiary/aromatic N) is 2. The van der Waals surface area contributed by atoms with Gasteiger partial charge in [-0.3, -0.25) is 9.59 Å². The van der Waals surface area contributed by atoms with Crippen molar-refractivity contribution < 1.29 is 14.3 Å². The Bertz CT molecular complexity index is 1020. The third-order valence-electron chi connectivity index (χ3n) is 5.15. The molecule has 0 unspecified atom stereocenters. The molecule has 4 rings (SSSR count). The van der Waals surface area contributed by atoms with Crippen LogP contribution in [0.4, 0.5) is 5.69 Å². The molecule has 2 aromatic carbocycles. The van der Waals surface area contributed by atoms with Gasteiger partial charge in [-0.2, -0.15) is 0 Å². The second kappa shape index (κ2) is 8.46. The molecule has 7 nitrogen and oxygen atoms in total. The smallest absolute Gasteiger partial charge is 0.255 e. The number of anilines is 1. The molecule has 2 amide bonds. The van der Waals surface area contributed by atoms with Crippen molar-refractivity contribution in [2.24, 2.45) is 5.73 Å². The molecule has 0 atom stereocenters. The van der Waals surface area contributed by atoms with E-state index in [-0.39, 0.29) is 11.8 Å². The van der Waals surface area contributed by atoms with Crippen molar-refractivity contribution >= 4 is 28.4 Å². The predicted molar refractivity (Wildman–Crippen MR) is 112 cm³/mol. The van der Waals surface area contributed by atoms with Crippen LogP contribution in [0.1, 0.15) is 15.9 Å². The van der Waals surface area contributed by atoms with Crippen molar-refractivity contribution in [3.63, 3.8) is 0 Å². The molecule has 0 aliphatic carbocycles. The average molecular weight is 392 g/mol. The highest BCUT2D eigenvalue weighted by atomic mass is 16.5. The Morgan fingerprint density at radius 2 is 1.79 bits per heavy atom. The lowest BCUT2D eigenvalue weighted by atomic mass is 10.1. The van der Waals surface area contributed by atoms with Crippen molar-refractivity contribution in [3.8, 4) is 0 Å². The number of hydrogen-bond donors (Lipinski definition) is 2. The summed E-state index contributed by atoms with van der Waals surface area (Å²) >= 11 is 0. The normalized spacial score (nSPS) is 14.2. The fraction of sp³-hybridized carbons (Fsp3) is 0.273. The monoisotopic (exact) mass is 392 g/mol. The molecule has 1 fully saturated rings. The lowest BCUT2D eigenvalue weighted by molar-refractivity contribution is -0.135. The number of amides is 2. The van der Waals surface area contributed by atoms with E-state index in [0.29, 0.717) is 50.6 Å². The van der Waals surface area contributed by atoms with E-state index in [9.17, 15) is 9.59 Å². The second-order valence-corrected chi connectivity index (χ2v) is 7.07. The van der Waals surface area contributed by atoms with Crippen LogP contribution in [0, 0.1) is 0 Å². The molecule has 1 saturated heterocycles. The summed E-state index contributed by atoms with van der Waals surface area (Å²) in [4.78, 5) is 26.8. The predicted octanol–water partition coefficient (Wildman–Crippen LogP) is 2.21. The Morgan fingerprint density at radius 3 is 2.52 bits per heavy atom. The molecular weight excluding hydrogens is 368 g/mol. The summed E-state index contributed by atoms with van der Waals surface area (Å²) in [5, 5.41) is 3.89. The van der Waals surface area contributed by atoms with Crippen molar-refractivity contribution in [1.29, 1.82) is 0 Å². The quantitative estimate of drug-likeness (QED) is 0.697. The van der Waals surface area contributed by atoms with Crippen LogP contribution in [0.5, 0.6) is 0 Å². The van der Waals surface area contributed by atoms with Gasteiger partial charge in [0.05, 0.1) is 13.2 Å². The number of hydrogen-bond acceptors (Lipinski definition) is 4. The van der Waals surface area contributed by atoms with Crippen molar-refractivity contribution in [1.82, 2.24) is 9.47 Å². The number of carbonyl (C=O) groups is 2. The second-order valence-electron chi connectivity index (χ2n) is 7.07. The number of morpholine rings is 1. The maximum Gasteiger partial charge on any atom is 0.255 e. The summed E-state index contributed by atoms with van der Waals surface area (Å²) in [6, 6.07) is 14.9. The van der Waals surface area contributed by atoms with Gasteiger partial charge in [0.15, 0.2) is 0 Å². The van der Waals surface area contributed by atoms with E-state index in [1.165, 1.54) is 0 Å². The van der Waals surface area contributed by atoms with Crippen LogP contribution >= 0.6 is 0 Å². The Kier molecular flexibility index (Phi) is 5.59. The highest BCUT2D eigenvalue weighted by molar-refractivity contribution is 6.05. The zero-order valence-corrected chi connectivity index (χ0v) is 16.1. The van der Waals surface area contributed by atoms with Gasteiger partial charge in [-0.1, -0.05) is 12.1 Å². The molecular formula is C22H24N4O3. The first-order chi connectivity index (χ1) is 14.1. The van der Waals surface area contributed by atoms with Crippen LogP contribution in [0.2, 0.25) is 0 Å². The number of nitrogens with two attached hydrogens (primary N) is 1. The molecule has 2 heterocycles. The molecule has 3 N–H and O–H groups in total. The number of benzene rings is 2. The number of aromatic nitrogens is 1. The average Bonchev–Trinajstić information content (AvgIpc) is 3.16. The van der Waals surface area contributed by atoms with Crippen molar-refractivity contribution in [2.75, 3.05) is 31.6 Å². The van der Waals surface area contributed by atoms with Crippen molar-refractivity contribution in [2.45, 2.75) is 13.1 Å². The molecule has 0 bridgehead atoms. The van der Waals surface area contributed by atoms with Gasteiger partial charge in [-0.25, -0.2) is 0 Å². The Morgan fingerprint density at radius 1 is 1.03 bits per heavy atom. The summed E-state index contributed by atoms with van der Waals surface area (Å²) < 4.78 is 7.24. The number of fused-ring (bicyclic) bond motifs is 1. The van der Waals surface area contributed by atoms with Crippen LogP contribution in [-0.2, 0) is 22.6 Å². The summed E-state index contributed by atoms with van der Waals surface area (Å²) in [5.41, 5.74) is 8.82. The van der Waals surface area contributed by atoms with Gasteiger partial charge >= 0.3 is 0 Å². The maximum atomic E-state index is 12.5. The molecule has 150 valence electrons. The third-order valence-corrected chi connectivity index (χ3v) is 5.15.